The molecule has 0 saturated heterocycles. The number of halogens is 2. The van der Waals surface area contributed by atoms with Gasteiger partial charge in [-0.15, -0.1) is 0 Å². The Kier molecular flexibility index (Phi) is 5.58. The minimum Gasteiger partial charge on any atom is -0.378 e. The summed E-state index contributed by atoms with van der Waals surface area (Å²) in [6.45, 7) is 0. The van der Waals surface area contributed by atoms with Crippen LogP contribution in [-0.4, -0.2) is 28.5 Å². The van der Waals surface area contributed by atoms with Crippen LogP contribution >= 0.6 is 23.2 Å². The number of sulfonamides is 1. The molecule has 6 nitrogen and oxygen atoms in total. The van der Waals surface area contributed by atoms with E-state index in [9.17, 15) is 13.2 Å². The molecule has 0 aliphatic rings. The van der Waals surface area contributed by atoms with E-state index in [2.05, 4.69) is 5.32 Å². The molecule has 2 amide bonds. The van der Waals surface area contributed by atoms with E-state index in [0.29, 0.717) is 10.7 Å². The molecule has 2 aromatic rings. The Bertz CT molecular complexity index is 853. The largest absolute Gasteiger partial charge is 0.378 e. The molecule has 0 unspecified atom stereocenters. The summed E-state index contributed by atoms with van der Waals surface area (Å²) in [5.74, 6) is 0. The van der Waals surface area contributed by atoms with E-state index in [4.69, 9.17) is 23.2 Å². The number of hydrogen-bond donors (Lipinski definition) is 2. The molecule has 0 saturated carbocycles. The van der Waals surface area contributed by atoms with Gasteiger partial charge in [0.25, 0.3) is 10.0 Å². The van der Waals surface area contributed by atoms with Crippen LogP contribution in [0.2, 0.25) is 10.0 Å². The molecule has 0 atom stereocenters. The number of nitrogens with one attached hydrogen (secondary N) is 2. The normalized spacial score (nSPS) is 11.0. The first-order valence-electron chi connectivity index (χ1n) is 6.75. The third-order valence-electron chi connectivity index (χ3n) is 3.07. The highest BCUT2D eigenvalue weighted by Gasteiger charge is 2.18. The van der Waals surface area contributed by atoms with Crippen molar-refractivity contribution < 1.29 is 13.2 Å². The fraction of sp³-hybridized carbons (Fsp3) is 0.133. The Morgan fingerprint density at radius 2 is 1.62 bits per heavy atom. The Morgan fingerprint density at radius 3 is 2.17 bits per heavy atom. The number of hydrogen-bond acceptors (Lipinski definition) is 4. The lowest BCUT2D eigenvalue weighted by molar-refractivity contribution is 0.256. The van der Waals surface area contributed by atoms with Crippen LogP contribution in [0.4, 0.5) is 16.2 Å². The fourth-order valence-corrected chi connectivity index (χ4v) is 3.04. The van der Waals surface area contributed by atoms with Gasteiger partial charge in [-0.25, -0.2) is 17.9 Å². The zero-order valence-corrected chi connectivity index (χ0v) is 15.2. The molecule has 0 aliphatic carbocycles. The molecule has 0 spiro atoms. The summed E-state index contributed by atoms with van der Waals surface area (Å²) in [6, 6.07) is 9.65. The second kappa shape index (κ2) is 7.29. The Balaban J connectivity index is 2.10. The van der Waals surface area contributed by atoms with E-state index < -0.39 is 16.1 Å². The zero-order valence-electron chi connectivity index (χ0n) is 12.9. The Morgan fingerprint density at radius 1 is 1.00 bits per heavy atom. The van der Waals surface area contributed by atoms with Crippen molar-refractivity contribution in [3.05, 3.63) is 52.5 Å². The van der Waals surface area contributed by atoms with E-state index >= 15 is 0 Å². The van der Waals surface area contributed by atoms with Gasteiger partial charge in [-0.2, -0.15) is 0 Å². The van der Waals surface area contributed by atoms with E-state index in [0.717, 1.165) is 5.69 Å². The molecule has 2 aromatic carbocycles. The first-order valence-corrected chi connectivity index (χ1v) is 8.99. The van der Waals surface area contributed by atoms with Gasteiger partial charge in [0.05, 0.1) is 14.9 Å². The quantitative estimate of drug-likeness (QED) is 0.840. The molecule has 128 valence electrons. The third-order valence-corrected chi connectivity index (χ3v) is 5.15. The predicted molar refractivity (Wildman–Crippen MR) is 96.6 cm³/mol. The van der Waals surface area contributed by atoms with Crippen LogP contribution in [0.5, 0.6) is 0 Å². The highest BCUT2D eigenvalue weighted by Crippen LogP contribution is 2.25. The lowest BCUT2D eigenvalue weighted by Crippen LogP contribution is -2.34. The minimum absolute atomic E-state index is 0.0163. The first-order chi connectivity index (χ1) is 11.2. The van der Waals surface area contributed by atoms with Gasteiger partial charge in [0.1, 0.15) is 0 Å². The summed E-state index contributed by atoms with van der Waals surface area (Å²) < 4.78 is 26.3. The van der Waals surface area contributed by atoms with Gasteiger partial charge >= 0.3 is 6.03 Å². The van der Waals surface area contributed by atoms with Gasteiger partial charge in [-0.05, 0) is 42.5 Å². The molecule has 0 aromatic heterocycles. The van der Waals surface area contributed by atoms with Gasteiger partial charge in [0.2, 0.25) is 0 Å². The van der Waals surface area contributed by atoms with Crippen LogP contribution in [0.15, 0.2) is 47.4 Å². The predicted octanol–water partition coefficient (Wildman–Crippen LogP) is 3.57. The number of carbonyl (C=O) groups excluding carboxylic acids is 1. The maximum absolute atomic E-state index is 12.2. The van der Waals surface area contributed by atoms with Crippen molar-refractivity contribution in [2.75, 3.05) is 24.3 Å². The van der Waals surface area contributed by atoms with Gasteiger partial charge in [0, 0.05) is 25.5 Å². The summed E-state index contributed by atoms with van der Waals surface area (Å²) in [5.41, 5.74) is 1.16. The SMILES string of the molecule is CN(C)c1ccc(S(=O)(=O)NC(=O)Nc2ccc(Cl)c(Cl)c2)cc1. The number of nitrogens with zero attached hydrogens (tertiary/aromatic N) is 1. The van der Waals surface area contributed by atoms with Crippen LogP contribution in [0.25, 0.3) is 0 Å². The molecule has 0 radical (unpaired) electrons. The average Bonchev–Trinajstić information content (AvgIpc) is 2.50. The van der Waals surface area contributed by atoms with Crippen LogP contribution in [0.1, 0.15) is 0 Å². The van der Waals surface area contributed by atoms with Crippen LogP contribution < -0.4 is 14.9 Å². The van der Waals surface area contributed by atoms with Crippen molar-refractivity contribution in [3.63, 3.8) is 0 Å². The third kappa shape index (κ3) is 4.53. The maximum Gasteiger partial charge on any atom is 0.333 e. The lowest BCUT2D eigenvalue weighted by Gasteiger charge is -2.13. The van der Waals surface area contributed by atoms with Gasteiger partial charge < -0.3 is 10.2 Å². The van der Waals surface area contributed by atoms with E-state index in [1.807, 2.05) is 23.7 Å². The summed E-state index contributed by atoms with van der Waals surface area (Å²) in [6.07, 6.45) is 0. The summed E-state index contributed by atoms with van der Waals surface area (Å²) in [4.78, 5) is 13.7. The van der Waals surface area contributed by atoms with Crippen LogP contribution in [0, 0.1) is 0 Å². The number of urea groups is 1. The van der Waals surface area contributed by atoms with Crippen molar-refractivity contribution in [2.45, 2.75) is 4.90 Å². The van der Waals surface area contributed by atoms with Crippen molar-refractivity contribution >= 4 is 50.6 Å². The van der Waals surface area contributed by atoms with Gasteiger partial charge in [-0.3, -0.25) is 0 Å². The summed E-state index contributed by atoms with van der Waals surface area (Å²) >= 11 is 11.6. The van der Waals surface area contributed by atoms with Crippen LogP contribution in [0.3, 0.4) is 0 Å². The molecule has 0 aliphatic heterocycles. The lowest BCUT2D eigenvalue weighted by atomic mass is 10.3. The van der Waals surface area contributed by atoms with Gasteiger partial charge in [-0.1, -0.05) is 23.2 Å². The second-order valence-electron chi connectivity index (χ2n) is 5.08. The Labute approximate surface area is 150 Å². The molecule has 0 fully saturated rings. The number of benzene rings is 2. The van der Waals surface area contributed by atoms with Crippen molar-refractivity contribution in [1.82, 2.24) is 4.72 Å². The van der Waals surface area contributed by atoms with E-state index in [-0.39, 0.29) is 9.92 Å². The number of rotatable bonds is 4. The molecular weight excluding hydrogens is 373 g/mol. The summed E-state index contributed by atoms with van der Waals surface area (Å²) in [7, 11) is -0.301. The summed E-state index contributed by atoms with van der Waals surface area (Å²) in [5, 5.41) is 2.96. The molecule has 24 heavy (non-hydrogen) atoms. The number of amides is 2. The highest BCUT2D eigenvalue weighted by atomic mass is 35.5. The monoisotopic (exact) mass is 387 g/mol. The Hall–Kier alpha value is -1.96. The first kappa shape index (κ1) is 18.4. The molecular formula is C15H15Cl2N3O3S. The van der Waals surface area contributed by atoms with Crippen LogP contribution in [-0.2, 0) is 10.0 Å². The molecule has 2 N–H and O–H groups in total. The minimum atomic E-state index is -3.98. The molecule has 0 bridgehead atoms. The molecule has 0 heterocycles. The highest BCUT2D eigenvalue weighted by molar-refractivity contribution is 7.90. The topological polar surface area (TPSA) is 78.5 Å². The van der Waals surface area contributed by atoms with Crippen molar-refractivity contribution in [2.24, 2.45) is 0 Å². The maximum atomic E-state index is 12.2. The van der Waals surface area contributed by atoms with Crippen molar-refractivity contribution in [3.8, 4) is 0 Å². The molecule has 2 rings (SSSR count). The van der Waals surface area contributed by atoms with E-state index in [1.165, 1.54) is 30.3 Å². The molecule has 9 heteroatoms. The van der Waals surface area contributed by atoms with E-state index in [1.54, 1.807) is 12.1 Å². The van der Waals surface area contributed by atoms with Crippen molar-refractivity contribution in [1.29, 1.82) is 0 Å². The number of carbonyl (C=O) groups is 1. The number of anilines is 2. The average molecular weight is 388 g/mol. The second-order valence-corrected chi connectivity index (χ2v) is 7.57. The smallest absolute Gasteiger partial charge is 0.333 e. The zero-order chi connectivity index (χ0) is 17.9. The standard InChI is InChI=1S/C15H15Cl2N3O3S/c1-20(2)11-4-6-12(7-5-11)24(22,23)19-15(21)18-10-3-8-13(16)14(17)9-10/h3-9H,1-2H3,(H2,18,19,21). The fourth-order valence-electron chi connectivity index (χ4n) is 1.83. The van der Waals surface area contributed by atoms with Gasteiger partial charge in [0.15, 0.2) is 0 Å².